The Bertz CT molecular complexity index is 1880. The molecule has 54 heavy (non-hydrogen) atoms. The molecule has 0 saturated carbocycles. The van der Waals surface area contributed by atoms with Gasteiger partial charge >= 0.3 is 33.5 Å². The summed E-state index contributed by atoms with van der Waals surface area (Å²) in [4.78, 5) is 46.7. The number of rotatable bonds is 14. The van der Waals surface area contributed by atoms with Crippen molar-refractivity contribution in [3.05, 3.63) is 107 Å². The quantitative estimate of drug-likeness (QED) is 0.0378. The molecule has 1 aliphatic heterocycles. The third-order valence-corrected chi connectivity index (χ3v) is 8.65. The lowest BCUT2D eigenvalue weighted by atomic mass is 9.92. The molecule has 4 rings (SSSR count). The monoisotopic (exact) mass is 781 g/mol. The van der Waals surface area contributed by atoms with Crippen molar-refractivity contribution in [2.75, 3.05) is 18.1 Å². The highest BCUT2D eigenvalue weighted by molar-refractivity contribution is 7.88. The Labute approximate surface area is 309 Å². The third-order valence-electron chi connectivity index (χ3n) is 7.67. The number of alkyl halides is 3. The van der Waals surface area contributed by atoms with Crippen LogP contribution in [0.15, 0.2) is 84.9 Å². The summed E-state index contributed by atoms with van der Waals surface area (Å²) in [5.74, 6) is -2.59. The van der Waals surface area contributed by atoms with Gasteiger partial charge in [-0.05, 0) is 72.0 Å². The van der Waals surface area contributed by atoms with Crippen LogP contribution in [-0.4, -0.2) is 61.7 Å². The number of allylic oxidation sites excluding steroid dienone is 1. The molecule has 1 fully saturated rings. The number of anilines is 1. The number of hydrogen-bond donors (Lipinski definition) is 1. The summed E-state index contributed by atoms with van der Waals surface area (Å²) in [6.45, 7) is 4.85. The predicted octanol–water partition coefficient (Wildman–Crippen LogP) is 6.19. The normalized spacial score (nSPS) is 15.0. The van der Waals surface area contributed by atoms with Crippen molar-refractivity contribution in [2.45, 2.75) is 70.2 Å². The van der Waals surface area contributed by atoms with E-state index in [1.165, 1.54) is 56.0 Å². The summed E-state index contributed by atoms with van der Waals surface area (Å²) in [5, 5.41) is 10.6. The molecule has 3 aromatic rings. The topological polar surface area (TPSA) is 163 Å². The van der Waals surface area contributed by atoms with Gasteiger partial charge in [-0.3, -0.25) is 19.2 Å². The molecule has 1 heterocycles. The number of esters is 3. The number of benzene rings is 3. The van der Waals surface area contributed by atoms with Crippen LogP contribution in [0.3, 0.4) is 0 Å². The first-order valence-corrected chi connectivity index (χ1v) is 17.8. The minimum Gasteiger partial charge on any atom is -0.462 e. The fraction of sp³-hybridized carbons (Fsp3) is 0.351. The van der Waals surface area contributed by atoms with Crippen molar-refractivity contribution in [1.82, 2.24) is 0 Å². The van der Waals surface area contributed by atoms with Gasteiger partial charge in [0.25, 0.3) is 0 Å². The molecule has 1 aliphatic rings. The zero-order chi connectivity index (χ0) is 40.3. The van der Waals surface area contributed by atoms with Crippen molar-refractivity contribution in [3.63, 3.8) is 0 Å². The average Bonchev–Trinajstić information content (AvgIpc) is 3.09. The largest absolute Gasteiger partial charge is 0.534 e. The van der Waals surface area contributed by atoms with Crippen LogP contribution in [0.1, 0.15) is 69.4 Å². The van der Waals surface area contributed by atoms with Crippen LogP contribution in [0.5, 0.6) is 5.75 Å². The zero-order valence-electron chi connectivity index (χ0n) is 29.7. The van der Waals surface area contributed by atoms with Gasteiger partial charge in [-0.15, -0.1) is 0 Å². The molecule has 12 nitrogen and oxygen atoms in total. The minimum absolute atomic E-state index is 0.194. The van der Waals surface area contributed by atoms with Crippen LogP contribution >= 0.6 is 0 Å². The van der Waals surface area contributed by atoms with Crippen LogP contribution in [0, 0.1) is 5.82 Å². The molecule has 0 aliphatic carbocycles. The van der Waals surface area contributed by atoms with Crippen LogP contribution in [0.25, 0.3) is 0 Å². The van der Waals surface area contributed by atoms with Gasteiger partial charge in [0.1, 0.15) is 30.9 Å². The molecule has 292 valence electrons. The lowest BCUT2D eigenvalue weighted by molar-refractivity contribution is -0.155. The van der Waals surface area contributed by atoms with Gasteiger partial charge in [0.05, 0.1) is 12.5 Å². The van der Waals surface area contributed by atoms with E-state index in [2.05, 4.69) is 4.18 Å². The smallest absolute Gasteiger partial charge is 0.462 e. The van der Waals surface area contributed by atoms with Crippen LogP contribution in [-0.2, 0) is 49.9 Å². The van der Waals surface area contributed by atoms with Crippen LogP contribution < -0.4 is 9.08 Å². The molecular formula is C37H39F4NO11S. The number of carbonyl (C=O) groups is 4. The third kappa shape index (κ3) is 12.7. The second-order valence-corrected chi connectivity index (χ2v) is 13.6. The zero-order valence-corrected chi connectivity index (χ0v) is 30.5. The maximum atomic E-state index is 12.6. The van der Waals surface area contributed by atoms with E-state index in [0.29, 0.717) is 18.5 Å². The van der Waals surface area contributed by atoms with Gasteiger partial charge in [-0.2, -0.15) is 21.6 Å². The van der Waals surface area contributed by atoms with Gasteiger partial charge in [-0.25, -0.2) is 4.39 Å². The highest BCUT2D eigenvalue weighted by Gasteiger charge is 2.48. The van der Waals surface area contributed by atoms with Gasteiger partial charge in [0.2, 0.25) is 5.91 Å². The van der Waals surface area contributed by atoms with E-state index < -0.39 is 52.1 Å². The second kappa shape index (κ2) is 18.6. The van der Waals surface area contributed by atoms with Gasteiger partial charge in [0, 0.05) is 26.5 Å². The van der Waals surface area contributed by atoms with E-state index in [9.17, 15) is 50.3 Å². The summed E-state index contributed by atoms with van der Waals surface area (Å²) in [6.07, 6.45) is 3.99. The first-order valence-electron chi connectivity index (χ1n) is 16.3. The number of hydrogen-bond acceptors (Lipinski definition) is 11. The Hall–Kier alpha value is -5.29. The Morgan fingerprint density at radius 3 is 1.91 bits per heavy atom. The van der Waals surface area contributed by atoms with E-state index in [1.54, 1.807) is 42.5 Å². The number of carbonyl (C=O) groups excluding carboxylic acids is 4. The summed E-state index contributed by atoms with van der Waals surface area (Å²) in [5.41, 5.74) is -4.47. The average molecular weight is 782 g/mol. The molecule has 1 N–H and O–H groups in total. The molecule has 0 spiro atoms. The minimum atomic E-state index is -5.81. The summed E-state index contributed by atoms with van der Waals surface area (Å²) < 4.78 is 91.4. The van der Waals surface area contributed by atoms with Crippen LogP contribution in [0.2, 0.25) is 0 Å². The number of ether oxygens (including phenoxy) is 3. The number of nitrogens with zero attached hydrogens (tertiary/aromatic N) is 1. The molecular weight excluding hydrogens is 742 g/mol. The fourth-order valence-corrected chi connectivity index (χ4v) is 5.45. The number of β-lactam (4-membered cyclic amide) rings is 1. The van der Waals surface area contributed by atoms with E-state index in [0.717, 1.165) is 28.8 Å². The Morgan fingerprint density at radius 1 is 0.889 bits per heavy atom. The SMILES string of the molecule is CC(=O)OCC(O)(/C=C/Cc1ccc(C2CC(=O)N2c2ccc(OS(=O)(=O)C(F)(F)F)cc2)cc1)COC(C)=O.CCC(OC(C)=O)c1ccc(F)cc1. The number of halogens is 4. The molecule has 0 bridgehead atoms. The van der Waals surface area contributed by atoms with Crippen molar-refractivity contribution in [3.8, 4) is 5.75 Å². The molecule has 2 unspecified atom stereocenters. The first-order chi connectivity index (χ1) is 25.2. The van der Waals surface area contributed by atoms with Crippen molar-refractivity contribution < 1.29 is 68.7 Å². The molecule has 1 saturated heterocycles. The maximum Gasteiger partial charge on any atom is 0.534 e. The highest BCUT2D eigenvalue weighted by Crippen LogP contribution is 2.39. The van der Waals surface area contributed by atoms with E-state index >= 15 is 0 Å². The van der Waals surface area contributed by atoms with Crippen LogP contribution in [0.4, 0.5) is 23.2 Å². The highest BCUT2D eigenvalue weighted by atomic mass is 32.2. The number of aliphatic hydroxyl groups is 1. The Balaban J connectivity index is 0.000000469. The maximum absolute atomic E-state index is 12.6. The fourth-order valence-electron chi connectivity index (χ4n) is 4.99. The molecule has 1 amide bonds. The molecule has 3 aromatic carbocycles. The summed E-state index contributed by atoms with van der Waals surface area (Å²) in [7, 11) is -5.81. The van der Waals surface area contributed by atoms with E-state index in [1.807, 2.05) is 6.92 Å². The Kier molecular flexibility index (Phi) is 14.9. The van der Waals surface area contributed by atoms with E-state index in [-0.39, 0.29) is 36.3 Å². The van der Waals surface area contributed by atoms with Crippen molar-refractivity contribution >= 4 is 39.6 Å². The van der Waals surface area contributed by atoms with Gasteiger partial charge in [0.15, 0.2) is 5.60 Å². The summed E-state index contributed by atoms with van der Waals surface area (Å²) >= 11 is 0. The molecule has 0 radical (unpaired) electrons. The second-order valence-electron chi connectivity index (χ2n) is 12.0. The first kappa shape index (κ1) is 43.1. The molecule has 17 heteroatoms. The molecule has 0 aromatic heterocycles. The summed E-state index contributed by atoms with van der Waals surface area (Å²) in [6, 6.07) is 17.5. The van der Waals surface area contributed by atoms with Crippen molar-refractivity contribution in [1.29, 1.82) is 0 Å². The standard InChI is InChI=1S/C26H26F3NO9S.C11H13FO2/c1-17(31)37-15-25(34,16-38-18(2)32)13-3-4-19-5-7-20(8-6-19)23-14-24(33)30(23)21-9-11-22(12-10-21)39-40(35,36)26(27,28)29;1-3-11(14-8(2)13)9-4-6-10(12)7-5-9/h3,5-13,23,34H,4,14-16H2,1-2H3;4-7,11H,3H2,1-2H3/b13-3+;. The predicted molar refractivity (Wildman–Crippen MR) is 186 cm³/mol. The lowest BCUT2D eigenvalue weighted by Gasteiger charge is -2.40. The van der Waals surface area contributed by atoms with E-state index in [4.69, 9.17) is 14.2 Å². The lowest BCUT2D eigenvalue weighted by Crippen LogP contribution is -2.46. The van der Waals surface area contributed by atoms with Gasteiger partial charge < -0.3 is 28.4 Å². The molecule has 2 atom stereocenters. The van der Waals surface area contributed by atoms with Gasteiger partial charge in [-0.1, -0.05) is 49.4 Å². The van der Waals surface area contributed by atoms with Crippen molar-refractivity contribution in [2.24, 2.45) is 0 Å². The Morgan fingerprint density at radius 2 is 1.44 bits per heavy atom. The number of amides is 1.